The molecule has 0 bridgehead atoms. The number of halogens is 3. The molecule has 45 heavy (non-hydrogen) atoms. The lowest BCUT2D eigenvalue weighted by Crippen LogP contribution is -2.35. The molecule has 1 unspecified atom stereocenters. The quantitative estimate of drug-likeness (QED) is 0.258. The molecule has 0 saturated carbocycles. The number of nitrogens with one attached hydrogen (secondary N) is 3. The summed E-state index contributed by atoms with van der Waals surface area (Å²) >= 11 is 0. The van der Waals surface area contributed by atoms with Gasteiger partial charge in [0.15, 0.2) is 0 Å². The molecule has 2 aliphatic rings. The molecule has 0 saturated heterocycles. The molecule has 0 aliphatic carbocycles. The predicted octanol–water partition coefficient (Wildman–Crippen LogP) is 6.17. The second kappa shape index (κ2) is 12.2. The van der Waals surface area contributed by atoms with Crippen LogP contribution >= 0.6 is 0 Å². The molecular weight excluding hydrogens is 587 g/mol. The van der Waals surface area contributed by atoms with E-state index < -0.39 is 29.5 Å². The highest BCUT2D eigenvalue weighted by Gasteiger charge is 2.32. The molecule has 1 atom stereocenters. The molecule has 13 heteroatoms. The van der Waals surface area contributed by atoms with E-state index in [2.05, 4.69) is 37.8 Å². The van der Waals surface area contributed by atoms with Gasteiger partial charge in [0.2, 0.25) is 5.95 Å². The largest absolute Gasteiger partial charge is 0.443 e. The van der Waals surface area contributed by atoms with Crippen LogP contribution in [-0.2, 0) is 10.9 Å². The molecule has 2 aliphatic heterocycles. The highest BCUT2D eigenvalue weighted by Crippen LogP contribution is 2.34. The first-order chi connectivity index (χ1) is 21.2. The topological polar surface area (TPSA) is 134 Å². The third kappa shape index (κ3) is 7.91. The lowest BCUT2D eigenvalue weighted by atomic mass is 10.0. The van der Waals surface area contributed by atoms with Crippen LogP contribution < -0.4 is 21.7 Å². The van der Waals surface area contributed by atoms with E-state index in [4.69, 9.17) is 10.5 Å². The molecule has 5 rings (SSSR count). The minimum absolute atomic E-state index is 0.109. The van der Waals surface area contributed by atoms with Gasteiger partial charge in [-0.15, -0.1) is 0 Å². The SMILES string of the molecule is CC(C)(C)OC(=O)N1C=CC2=C(CC(c3nc(N)ncc3C#Cc3ccc(NC(=O)Nc4ccc(C(F)(F)F)cc4)cc3)N2)C1. The average Bonchev–Trinajstić information content (AvgIpc) is 3.40. The third-order valence-corrected chi connectivity index (χ3v) is 6.69. The summed E-state index contributed by atoms with van der Waals surface area (Å²) in [5.41, 5.74) is 8.97. The van der Waals surface area contributed by atoms with Crippen molar-refractivity contribution in [1.29, 1.82) is 0 Å². The number of carbonyl (C=O) groups excluding carboxylic acids is 2. The Bertz CT molecular complexity index is 1730. The van der Waals surface area contributed by atoms with Crippen molar-refractivity contribution in [2.75, 3.05) is 22.9 Å². The van der Waals surface area contributed by atoms with E-state index in [0.717, 1.165) is 23.4 Å². The smallest absolute Gasteiger partial charge is 0.416 e. The maximum absolute atomic E-state index is 12.7. The maximum atomic E-state index is 12.7. The van der Waals surface area contributed by atoms with Gasteiger partial charge in [-0.3, -0.25) is 4.90 Å². The van der Waals surface area contributed by atoms with Gasteiger partial charge >= 0.3 is 18.3 Å². The number of hydrogen-bond acceptors (Lipinski definition) is 7. The lowest BCUT2D eigenvalue weighted by molar-refractivity contribution is -0.137. The monoisotopic (exact) mass is 617 g/mol. The first-order valence-electron chi connectivity index (χ1n) is 13.9. The van der Waals surface area contributed by atoms with Crippen molar-refractivity contribution in [3.05, 3.63) is 101 Å². The molecule has 232 valence electrons. The first-order valence-corrected chi connectivity index (χ1v) is 13.9. The summed E-state index contributed by atoms with van der Waals surface area (Å²) in [4.78, 5) is 35.0. The summed E-state index contributed by atoms with van der Waals surface area (Å²) in [6.45, 7) is 5.84. The van der Waals surface area contributed by atoms with Crippen molar-refractivity contribution < 1.29 is 27.5 Å². The number of urea groups is 1. The minimum atomic E-state index is -4.46. The Morgan fingerprint density at radius 3 is 2.29 bits per heavy atom. The molecule has 5 N–H and O–H groups in total. The number of aromatic nitrogens is 2. The van der Waals surface area contributed by atoms with Crippen molar-refractivity contribution in [3.63, 3.8) is 0 Å². The minimum Gasteiger partial charge on any atom is -0.443 e. The summed E-state index contributed by atoms with van der Waals surface area (Å²) < 4.78 is 43.7. The lowest BCUT2D eigenvalue weighted by Gasteiger charge is -2.27. The second-order valence-electron chi connectivity index (χ2n) is 11.4. The molecular formula is C32H30F3N7O3. The Kier molecular flexibility index (Phi) is 8.41. The number of alkyl halides is 3. The normalized spacial score (nSPS) is 15.9. The van der Waals surface area contributed by atoms with Gasteiger partial charge in [0, 0.05) is 35.0 Å². The van der Waals surface area contributed by atoms with Gasteiger partial charge in [-0.25, -0.2) is 19.6 Å². The standard InChI is InChI=1S/C32H30F3N7O3/c1-31(2,3)45-30(44)42-15-14-25-21(18-42)16-26(40-25)27-20(17-37-28(36)41-27)7-4-19-5-10-23(11-6-19)38-29(43)39-24-12-8-22(9-13-24)32(33,34)35/h5-6,8-15,17,26,40H,16,18H2,1-3H3,(H2,36,37,41)(H2,38,39,43). The molecule has 2 aromatic carbocycles. The third-order valence-electron chi connectivity index (χ3n) is 6.69. The van der Waals surface area contributed by atoms with Crippen LogP contribution in [0.25, 0.3) is 0 Å². The van der Waals surface area contributed by atoms with Crippen molar-refractivity contribution in [1.82, 2.24) is 20.2 Å². The van der Waals surface area contributed by atoms with Gasteiger partial charge < -0.3 is 26.4 Å². The van der Waals surface area contributed by atoms with Gasteiger partial charge in [-0.2, -0.15) is 13.2 Å². The number of allylic oxidation sites excluding steroid dienone is 1. The summed E-state index contributed by atoms with van der Waals surface area (Å²) in [5, 5.41) is 8.56. The van der Waals surface area contributed by atoms with E-state index in [1.165, 1.54) is 17.0 Å². The zero-order valence-corrected chi connectivity index (χ0v) is 24.6. The zero-order chi connectivity index (χ0) is 32.4. The highest BCUT2D eigenvalue weighted by atomic mass is 19.4. The van der Waals surface area contributed by atoms with Crippen LogP contribution in [0.15, 0.2) is 78.3 Å². The molecule has 0 fully saturated rings. The van der Waals surface area contributed by atoms with Gasteiger partial charge in [-0.05, 0) is 87.4 Å². The van der Waals surface area contributed by atoms with Crippen LogP contribution in [0.2, 0.25) is 0 Å². The second-order valence-corrected chi connectivity index (χ2v) is 11.4. The van der Waals surface area contributed by atoms with E-state index in [9.17, 15) is 22.8 Å². The Labute approximate surface area is 257 Å². The predicted molar refractivity (Wildman–Crippen MR) is 163 cm³/mol. The van der Waals surface area contributed by atoms with Gasteiger partial charge in [0.05, 0.1) is 29.4 Å². The fourth-order valence-electron chi connectivity index (χ4n) is 4.63. The molecule has 0 spiro atoms. The maximum Gasteiger partial charge on any atom is 0.416 e. The number of amides is 3. The summed E-state index contributed by atoms with van der Waals surface area (Å²) in [5.74, 6) is 6.29. The van der Waals surface area contributed by atoms with E-state index in [1.807, 2.05) is 26.8 Å². The summed E-state index contributed by atoms with van der Waals surface area (Å²) in [6.07, 6.45) is 0.787. The Morgan fingerprint density at radius 1 is 1.02 bits per heavy atom. The van der Waals surface area contributed by atoms with Crippen LogP contribution in [0, 0.1) is 11.8 Å². The van der Waals surface area contributed by atoms with Crippen LogP contribution in [0.1, 0.15) is 55.6 Å². The number of benzene rings is 2. The van der Waals surface area contributed by atoms with Gasteiger partial charge in [-0.1, -0.05) is 11.8 Å². The van der Waals surface area contributed by atoms with E-state index >= 15 is 0 Å². The number of hydrogen-bond donors (Lipinski definition) is 4. The Morgan fingerprint density at radius 2 is 1.67 bits per heavy atom. The van der Waals surface area contributed by atoms with Crippen LogP contribution in [0.3, 0.4) is 0 Å². The van der Waals surface area contributed by atoms with E-state index in [0.29, 0.717) is 35.5 Å². The Hall–Kier alpha value is -5.51. The number of nitrogens with two attached hydrogens (primary N) is 1. The number of nitrogens with zero attached hydrogens (tertiary/aromatic N) is 3. The van der Waals surface area contributed by atoms with E-state index in [-0.39, 0.29) is 17.7 Å². The summed E-state index contributed by atoms with van der Waals surface area (Å²) in [6, 6.07) is 10.0. The van der Waals surface area contributed by atoms with Gasteiger partial charge in [0.1, 0.15) is 5.60 Å². The molecule has 1 aromatic heterocycles. The van der Waals surface area contributed by atoms with Crippen molar-refractivity contribution in [2.45, 2.75) is 45.0 Å². The van der Waals surface area contributed by atoms with Crippen LogP contribution in [-0.4, -0.2) is 39.1 Å². The fourth-order valence-corrected chi connectivity index (χ4v) is 4.63. The molecule has 3 aromatic rings. The number of ether oxygens (including phenoxy) is 1. The van der Waals surface area contributed by atoms with Crippen molar-refractivity contribution >= 4 is 29.4 Å². The van der Waals surface area contributed by atoms with Crippen molar-refractivity contribution in [2.24, 2.45) is 0 Å². The summed E-state index contributed by atoms with van der Waals surface area (Å²) in [7, 11) is 0. The van der Waals surface area contributed by atoms with Gasteiger partial charge in [0.25, 0.3) is 0 Å². The fraction of sp³-hybridized carbons (Fsp3) is 0.250. The first kappa shape index (κ1) is 30.9. The molecule has 3 heterocycles. The van der Waals surface area contributed by atoms with Crippen LogP contribution in [0.5, 0.6) is 0 Å². The number of anilines is 3. The zero-order valence-electron chi connectivity index (χ0n) is 24.6. The molecule has 10 nitrogen and oxygen atoms in total. The number of carbonyl (C=O) groups is 2. The number of nitrogen functional groups attached to an aromatic ring is 1. The molecule has 0 radical (unpaired) electrons. The van der Waals surface area contributed by atoms with E-state index in [1.54, 1.807) is 36.7 Å². The van der Waals surface area contributed by atoms with Crippen LogP contribution in [0.4, 0.5) is 40.1 Å². The highest BCUT2D eigenvalue weighted by molar-refractivity contribution is 5.99. The number of rotatable bonds is 3. The molecule has 3 amide bonds. The average molecular weight is 618 g/mol. The Balaban J connectivity index is 1.21. The van der Waals surface area contributed by atoms with Crippen molar-refractivity contribution in [3.8, 4) is 11.8 Å².